The van der Waals surface area contributed by atoms with Crippen molar-refractivity contribution in [2.24, 2.45) is 17.3 Å². The molecule has 1 N–H and O–H groups in total. The zero-order valence-electron chi connectivity index (χ0n) is 22.2. The number of aliphatic carboxylic acids is 1. The number of fused-ring (bicyclic) bond motifs is 5. The molecule has 0 aromatic heterocycles. The summed E-state index contributed by atoms with van der Waals surface area (Å²) in [5.41, 5.74) is 0.799. The van der Waals surface area contributed by atoms with E-state index >= 15 is 0 Å². The second kappa shape index (κ2) is 11.4. The van der Waals surface area contributed by atoms with E-state index in [1.165, 1.54) is 5.56 Å². The largest absolute Gasteiger partial charge is 1.00 e. The van der Waals surface area contributed by atoms with Crippen molar-refractivity contribution in [3.05, 3.63) is 29.3 Å². The predicted molar refractivity (Wildman–Crippen MR) is 127 cm³/mol. The van der Waals surface area contributed by atoms with E-state index < -0.39 is 41.7 Å². The van der Waals surface area contributed by atoms with Gasteiger partial charge in [0.05, 0.1) is 5.97 Å². The zero-order chi connectivity index (χ0) is 27.1. The number of esters is 3. The van der Waals surface area contributed by atoms with Gasteiger partial charge in [0.2, 0.25) is 6.10 Å². The third-order valence-electron chi connectivity index (χ3n) is 8.63. The van der Waals surface area contributed by atoms with Crippen molar-refractivity contribution in [1.82, 2.24) is 0 Å². The van der Waals surface area contributed by atoms with E-state index in [9.17, 15) is 29.4 Å². The van der Waals surface area contributed by atoms with E-state index in [0.717, 1.165) is 51.5 Å². The number of ether oxygens (including phenoxy) is 3. The number of aliphatic hydroxyl groups is 1. The fraction of sp³-hybridized carbons (Fsp3) is 0.571. The van der Waals surface area contributed by atoms with Crippen LogP contribution in [-0.2, 0) is 35.1 Å². The van der Waals surface area contributed by atoms with E-state index in [-0.39, 0.29) is 40.7 Å². The number of hydrogen-bond acceptors (Lipinski definition) is 9. The Morgan fingerprint density at radius 3 is 2.34 bits per heavy atom. The minimum atomic E-state index is -2.16. The van der Waals surface area contributed by atoms with E-state index in [1.807, 2.05) is 6.07 Å². The standard InChI is InChI=1S/C28H32O9.Na/c1-5-28(34)13-11-22-21-8-6-17-14-18(7-9-19(17)20(21)10-12-27(22,28)4)37-26(33)24(36-16(3)30)23(25(31)32)35-15(2)29;/h1,7,9,14,20-24,34H,6,8,10-13H2,2-4H3,(H,31,32);/q;+1/p-1/t20?,21?,22?,23-,24+,27-,28-;/m0./s1. The molecule has 1 aromatic rings. The van der Waals surface area contributed by atoms with E-state index in [1.54, 1.807) is 12.1 Å². The molecular weight excluding hydrogens is 503 g/mol. The van der Waals surface area contributed by atoms with E-state index in [2.05, 4.69) is 17.6 Å². The fourth-order valence-electron chi connectivity index (χ4n) is 6.87. The van der Waals surface area contributed by atoms with Crippen molar-refractivity contribution in [2.75, 3.05) is 0 Å². The summed E-state index contributed by atoms with van der Waals surface area (Å²) in [4.78, 5) is 47.1. The van der Waals surface area contributed by atoms with Gasteiger partial charge in [-0.25, -0.2) is 4.79 Å². The number of carbonyl (C=O) groups is 4. The Bertz CT molecular complexity index is 1170. The number of carboxylic acids is 1. The summed E-state index contributed by atoms with van der Waals surface area (Å²) in [5.74, 6) is -1.20. The van der Waals surface area contributed by atoms with Crippen molar-refractivity contribution >= 4 is 23.9 Å². The quantitative estimate of drug-likeness (QED) is 0.198. The maximum Gasteiger partial charge on any atom is 1.00 e. The smallest absolute Gasteiger partial charge is 0.546 e. The molecule has 198 valence electrons. The third kappa shape index (κ3) is 5.37. The average molecular weight is 535 g/mol. The number of hydrogen-bond donors (Lipinski definition) is 1. The van der Waals surface area contributed by atoms with Crippen LogP contribution in [0.3, 0.4) is 0 Å². The molecule has 0 amide bonds. The molecule has 10 heteroatoms. The number of carbonyl (C=O) groups excluding carboxylic acids is 4. The van der Waals surface area contributed by atoms with Gasteiger partial charge in [-0.1, -0.05) is 18.9 Å². The molecule has 9 nitrogen and oxygen atoms in total. The molecule has 0 radical (unpaired) electrons. The van der Waals surface area contributed by atoms with Gasteiger partial charge in [0.1, 0.15) is 11.4 Å². The van der Waals surface area contributed by atoms with Gasteiger partial charge >= 0.3 is 47.5 Å². The van der Waals surface area contributed by atoms with Gasteiger partial charge in [0.25, 0.3) is 0 Å². The summed E-state index contributed by atoms with van der Waals surface area (Å²) in [7, 11) is 0. The molecule has 0 aliphatic heterocycles. The topological polar surface area (TPSA) is 139 Å². The SMILES string of the molecule is C#C[C@]1(O)CCC2C3CCc4cc(OC(=O)[C@H](OC(C)=O)[C@H](OC(C)=O)C(=O)[O-])ccc4C3CC[C@@]21C.[Na+]. The number of carboxylic acid groups (broad SMARTS) is 1. The van der Waals surface area contributed by atoms with Crippen LogP contribution in [0.25, 0.3) is 0 Å². The summed E-state index contributed by atoms with van der Waals surface area (Å²) in [5, 5.41) is 22.6. The van der Waals surface area contributed by atoms with Crippen LogP contribution in [0.15, 0.2) is 18.2 Å². The molecular formula is C28H31NaO9. The summed E-state index contributed by atoms with van der Waals surface area (Å²) < 4.78 is 14.8. The molecule has 0 spiro atoms. The van der Waals surface area contributed by atoms with Crippen LogP contribution in [0, 0.1) is 29.6 Å². The number of rotatable bonds is 6. The van der Waals surface area contributed by atoms with Crippen LogP contribution >= 0.6 is 0 Å². The van der Waals surface area contributed by atoms with Crippen LogP contribution in [0.1, 0.15) is 69.9 Å². The minimum absolute atomic E-state index is 0. The molecule has 3 unspecified atom stereocenters. The molecule has 1 aromatic carbocycles. The van der Waals surface area contributed by atoms with Crippen LogP contribution < -0.4 is 39.4 Å². The first kappa shape index (κ1) is 30.2. The Hall–Kier alpha value is -2.38. The van der Waals surface area contributed by atoms with E-state index in [4.69, 9.17) is 15.9 Å². The minimum Gasteiger partial charge on any atom is -0.546 e. The normalized spacial score (nSPS) is 30.6. The van der Waals surface area contributed by atoms with Gasteiger partial charge in [0, 0.05) is 19.3 Å². The van der Waals surface area contributed by atoms with Gasteiger partial charge in [-0.2, -0.15) is 0 Å². The molecule has 4 rings (SSSR count). The van der Waals surface area contributed by atoms with Crippen molar-refractivity contribution in [2.45, 2.75) is 83.0 Å². The molecule has 2 saturated carbocycles. The van der Waals surface area contributed by atoms with Gasteiger partial charge < -0.3 is 29.2 Å². The first-order valence-corrected chi connectivity index (χ1v) is 12.5. The second-order valence-corrected chi connectivity index (χ2v) is 10.6. The van der Waals surface area contributed by atoms with Crippen LogP contribution in [0.2, 0.25) is 0 Å². The first-order valence-electron chi connectivity index (χ1n) is 12.5. The Balaban J connectivity index is 0.00000400. The maximum absolute atomic E-state index is 12.8. The summed E-state index contributed by atoms with van der Waals surface area (Å²) in [6, 6.07) is 5.25. The van der Waals surface area contributed by atoms with Crippen LogP contribution in [0.4, 0.5) is 0 Å². The Morgan fingerprint density at radius 2 is 1.74 bits per heavy atom. The van der Waals surface area contributed by atoms with Crippen LogP contribution in [-0.4, -0.2) is 46.8 Å². The Morgan fingerprint density at radius 1 is 1.08 bits per heavy atom. The first-order chi connectivity index (χ1) is 17.4. The van der Waals surface area contributed by atoms with Crippen molar-refractivity contribution in [3.63, 3.8) is 0 Å². The fourth-order valence-corrected chi connectivity index (χ4v) is 6.87. The zero-order valence-corrected chi connectivity index (χ0v) is 24.2. The number of benzene rings is 1. The third-order valence-corrected chi connectivity index (χ3v) is 8.63. The molecule has 0 saturated heterocycles. The molecule has 38 heavy (non-hydrogen) atoms. The monoisotopic (exact) mass is 534 g/mol. The van der Waals surface area contributed by atoms with Gasteiger partial charge in [-0.3, -0.25) is 9.59 Å². The molecule has 0 bridgehead atoms. The average Bonchev–Trinajstić information content (AvgIpc) is 3.11. The molecule has 3 aliphatic carbocycles. The molecule has 0 heterocycles. The summed E-state index contributed by atoms with van der Waals surface area (Å²) in [6.45, 7) is 4.06. The predicted octanol–water partition coefficient (Wildman–Crippen LogP) is -1.57. The Kier molecular flexibility index (Phi) is 9.04. The molecule has 3 aliphatic rings. The summed E-state index contributed by atoms with van der Waals surface area (Å²) >= 11 is 0. The van der Waals surface area contributed by atoms with Gasteiger partial charge in [0.15, 0.2) is 6.10 Å². The van der Waals surface area contributed by atoms with E-state index in [0.29, 0.717) is 24.2 Å². The summed E-state index contributed by atoms with van der Waals surface area (Å²) in [6.07, 6.45) is 6.41. The van der Waals surface area contributed by atoms with Crippen molar-refractivity contribution in [1.29, 1.82) is 0 Å². The molecule has 7 atom stereocenters. The number of terminal acetylenes is 1. The van der Waals surface area contributed by atoms with Crippen molar-refractivity contribution < 1.29 is 73.2 Å². The van der Waals surface area contributed by atoms with Crippen LogP contribution in [0.5, 0.6) is 5.75 Å². The van der Waals surface area contributed by atoms with Gasteiger partial charge in [-0.15, -0.1) is 6.42 Å². The second-order valence-electron chi connectivity index (χ2n) is 10.6. The number of aryl methyl sites for hydroxylation is 1. The molecule has 2 fully saturated rings. The Labute approximate surface area is 243 Å². The van der Waals surface area contributed by atoms with Gasteiger partial charge in [-0.05, 0) is 79.5 Å². The maximum atomic E-state index is 12.8. The van der Waals surface area contributed by atoms with Crippen molar-refractivity contribution in [3.8, 4) is 18.1 Å².